The molecule has 2 aromatic carbocycles. The second-order valence-electron chi connectivity index (χ2n) is 7.99. The fourth-order valence-electron chi connectivity index (χ4n) is 3.43. The van der Waals surface area contributed by atoms with Crippen LogP contribution in [0.25, 0.3) is 0 Å². The highest BCUT2D eigenvalue weighted by Crippen LogP contribution is 2.18. The zero-order valence-corrected chi connectivity index (χ0v) is 19.5. The molecule has 0 spiro atoms. The summed E-state index contributed by atoms with van der Waals surface area (Å²) in [6, 6.07) is 14.0. The van der Waals surface area contributed by atoms with Crippen LogP contribution in [0.4, 0.5) is 0 Å². The molecule has 0 aromatic heterocycles. The number of benzene rings is 2. The lowest BCUT2D eigenvalue weighted by molar-refractivity contribution is 0.0696. The number of nitrogens with one attached hydrogen (secondary N) is 2. The highest BCUT2D eigenvalue weighted by Gasteiger charge is 2.21. The molecule has 0 aliphatic heterocycles. The summed E-state index contributed by atoms with van der Waals surface area (Å²) in [6.45, 7) is 4.21. The van der Waals surface area contributed by atoms with Gasteiger partial charge in [-0.15, -0.1) is 0 Å². The number of rotatable bonds is 12. The van der Waals surface area contributed by atoms with E-state index in [1.54, 1.807) is 0 Å². The van der Waals surface area contributed by atoms with E-state index in [2.05, 4.69) is 29.1 Å². The number of allylic oxidation sites excluding steroid dienone is 3. The molecule has 0 amide bonds. The molecule has 0 saturated carbocycles. The molecule has 0 unspecified atom stereocenters. The molecule has 1 aliphatic carbocycles. The molecule has 3 N–H and O–H groups in total. The van der Waals surface area contributed by atoms with Crippen molar-refractivity contribution in [2.75, 3.05) is 26.3 Å². The summed E-state index contributed by atoms with van der Waals surface area (Å²) < 4.78 is 34.3. The highest BCUT2D eigenvalue weighted by molar-refractivity contribution is 7.89. The molecular formula is C25H30N2O5S. The molecule has 176 valence electrons. The first kappa shape index (κ1) is 24.9. The van der Waals surface area contributed by atoms with E-state index in [1.807, 2.05) is 30.3 Å². The minimum absolute atomic E-state index is 0.0156. The molecule has 0 saturated heterocycles. The number of carboxylic acids is 1. The van der Waals surface area contributed by atoms with Crippen LogP contribution in [-0.4, -0.2) is 45.8 Å². The van der Waals surface area contributed by atoms with Crippen molar-refractivity contribution in [3.63, 3.8) is 0 Å². The molecule has 2 aromatic rings. The molecule has 1 atom stereocenters. The van der Waals surface area contributed by atoms with E-state index < -0.39 is 22.0 Å². The monoisotopic (exact) mass is 470 g/mol. The van der Waals surface area contributed by atoms with Crippen LogP contribution in [0.15, 0.2) is 82.8 Å². The number of ether oxygens (including phenoxy) is 1. The Balaban J connectivity index is 1.55. The second kappa shape index (κ2) is 11.9. The van der Waals surface area contributed by atoms with Gasteiger partial charge in [-0.25, -0.2) is 17.9 Å². The fourth-order valence-corrected chi connectivity index (χ4v) is 4.66. The Morgan fingerprint density at radius 3 is 2.42 bits per heavy atom. The zero-order valence-electron chi connectivity index (χ0n) is 18.7. The van der Waals surface area contributed by atoms with E-state index >= 15 is 0 Å². The zero-order chi connectivity index (χ0) is 23.7. The van der Waals surface area contributed by atoms with Gasteiger partial charge in [0.15, 0.2) is 0 Å². The third kappa shape index (κ3) is 7.64. The third-order valence-corrected chi connectivity index (χ3v) is 6.88. The Morgan fingerprint density at radius 1 is 1.06 bits per heavy atom. The van der Waals surface area contributed by atoms with Gasteiger partial charge >= 0.3 is 5.97 Å². The number of hydrogen-bond acceptors (Lipinski definition) is 5. The first-order chi connectivity index (χ1) is 15.8. The topological polar surface area (TPSA) is 105 Å². The van der Waals surface area contributed by atoms with Crippen molar-refractivity contribution in [1.82, 2.24) is 10.0 Å². The van der Waals surface area contributed by atoms with Crippen molar-refractivity contribution in [3.8, 4) is 0 Å². The van der Waals surface area contributed by atoms with E-state index in [0.717, 1.165) is 18.4 Å². The lowest BCUT2D eigenvalue weighted by atomic mass is 10.0. The normalized spacial score (nSPS) is 14.9. The van der Waals surface area contributed by atoms with E-state index in [-0.39, 0.29) is 10.5 Å². The van der Waals surface area contributed by atoms with Gasteiger partial charge in [0.05, 0.1) is 29.7 Å². The molecule has 0 fully saturated rings. The van der Waals surface area contributed by atoms with Crippen LogP contribution in [-0.2, 0) is 14.8 Å². The van der Waals surface area contributed by atoms with Crippen LogP contribution >= 0.6 is 0 Å². The maximum atomic E-state index is 12.9. The van der Waals surface area contributed by atoms with Crippen molar-refractivity contribution < 1.29 is 23.1 Å². The van der Waals surface area contributed by atoms with Crippen LogP contribution in [0.5, 0.6) is 0 Å². The molecule has 0 bridgehead atoms. The molecule has 0 heterocycles. The van der Waals surface area contributed by atoms with Gasteiger partial charge in [0.25, 0.3) is 0 Å². The van der Waals surface area contributed by atoms with Gasteiger partial charge in [0.1, 0.15) is 0 Å². The minimum atomic E-state index is -3.84. The van der Waals surface area contributed by atoms with Gasteiger partial charge < -0.3 is 15.2 Å². The van der Waals surface area contributed by atoms with Crippen LogP contribution in [0, 0.1) is 0 Å². The van der Waals surface area contributed by atoms with Gasteiger partial charge in [0, 0.05) is 13.1 Å². The molecule has 33 heavy (non-hydrogen) atoms. The van der Waals surface area contributed by atoms with Crippen LogP contribution in [0.3, 0.4) is 0 Å². The Bertz CT molecular complexity index is 1090. The van der Waals surface area contributed by atoms with E-state index in [9.17, 15) is 13.2 Å². The fraction of sp³-hybridized carbons (Fsp3) is 0.320. The number of aromatic carboxylic acids is 1. The Kier molecular flexibility index (Phi) is 8.96. The molecule has 0 radical (unpaired) electrons. The van der Waals surface area contributed by atoms with Crippen molar-refractivity contribution in [3.05, 3.63) is 89.0 Å². The number of carbonyl (C=O) groups is 1. The van der Waals surface area contributed by atoms with E-state index in [0.29, 0.717) is 26.3 Å². The maximum Gasteiger partial charge on any atom is 0.335 e. The Labute approximate surface area is 195 Å². The first-order valence-electron chi connectivity index (χ1n) is 10.9. The predicted octanol–water partition coefficient (Wildman–Crippen LogP) is 3.68. The summed E-state index contributed by atoms with van der Waals surface area (Å²) >= 11 is 0. The first-order valence-corrected chi connectivity index (χ1v) is 12.4. The van der Waals surface area contributed by atoms with Crippen LogP contribution in [0.2, 0.25) is 0 Å². The molecular weight excluding hydrogens is 440 g/mol. The number of sulfonamides is 1. The summed E-state index contributed by atoms with van der Waals surface area (Å²) in [5, 5.41) is 12.3. The lowest BCUT2D eigenvalue weighted by Crippen LogP contribution is -2.36. The molecule has 3 rings (SSSR count). The van der Waals surface area contributed by atoms with Gasteiger partial charge in [-0.1, -0.05) is 48.1 Å². The maximum absolute atomic E-state index is 12.9. The van der Waals surface area contributed by atoms with Crippen molar-refractivity contribution in [2.24, 2.45) is 0 Å². The van der Waals surface area contributed by atoms with E-state index in [4.69, 9.17) is 9.84 Å². The van der Waals surface area contributed by atoms with E-state index in [1.165, 1.54) is 35.4 Å². The van der Waals surface area contributed by atoms with Crippen molar-refractivity contribution in [2.45, 2.75) is 30.7 Å². The van der Waals surface area contributed by atoms with Gasteiger partial charge in [-0.2, -0.15) is 0 Å². The summed E-state index contributed by atoms with van der Waals surface area (Å²) in [7, 11) is -3.84. The average molecular weight is 471 g/mol. The predicted molar refractivity (Wildman–Crippen MR) is 128 cm³/mol. The number of hydrogen-bond donors (Lipinski definition) is 3. The summed E-state index contributed by atoms with van der Waals surface area (Å²) in [4.78, 5) is 11.0. The van der Waals surface area contributed by atoms with Crippen LogP contribution < -0.4 is 10.0 Å². The molecule has 7 nitrogen and oxygen atoms in total. The minimum Gasteiger partial charge on any atom is -0.478 e. The smallest absolute Gasteiger partial charge is 0.335 e. The molecule has 8 heteroatoms. The van der Waals surface area contributed by atoms with Crippen LogP contribution in [0.1, 0.15) is 41.7 Å². The Hall–Kier alpha value is -2.78. The summed E-state index contributed by atoms with van der Waals surface area (Å²) in [6.07, 6.45) is 6.36. The highest BCUT2D eigenvalue weighted by atomic mass is 32.2. The van der Waals surface area contributed by atoms with Crippen molar-refractivity contribution >= 4 is 16.0 Å². The van der Waals surface area contributed by atoms with Gasteiger partial charge in [0.2, 0.25) is 10.0 Å². The van der Waals surface area contributed by atoms with Gasteiger partial charge in [-0.3, -0.25) is 0 Å². The summed E-state index contributed by atoms with van der Waals surface area (Å²) in [5.41, 5.74) is 3.52. The van der Waals surface area contributed by atoms with Crippen molar-refractivity contribution in [1.29, 1.82) is 0 Å². The SMILES string of the molecule is CC1=CCC(COCCNC[C@H](NS(=O)(=O)c2ccc(C(=O)O)cc2)c2ccccc2)=CC1. The second-order valence-corrected chi connectivity index (χ2v) is 9.71. The third-order valence-electron chi connectivity index (χ3n) is 5.40. The Morgan fingerprint density at radius 2 is 1.79 bits per heavy atom. The van der Waals surface area contributed by atoms with Gasteiger partial charge in [-0.05, 0) is 55.2 Å². The quantitative estimate of drug-likeness (QED) is 0.323. The average Bonchev–Trinajstić information content (AvgIpc) is 2.82. The standard InChI is InChI=1S/C25H30N2O5S/c1-19-7-9-20(10-8-19)18-32-16-15-26-17-24(21-5-3-2-4-6-21)27-33(30,31)23-13-11-22(12-14-23)25(28)29/h2-7,10-14,24,26-27H,8-9,15-18H2,1H3,(H,28,29)/t24-/m0/s1. The number of carboxylic acid groups (broad SMARTS) is 1. The largest absolute Gasteiger partial charge is 0.478 e. The lowest BCUT2D eigenvalue weighted by Gasteiger charge is -2.20. The molecule has 1 aliphatic rings. The summed E-state index contributed by atoms with van der Waals surface area (Å²) in [5.74, 6) is -1.10.